The fourth-order valence-electron chi connectivity index (χ4n) is 2.45. The minimum absolute atomic E-state index is 0.00502. The number of aliphatic hydroxyl groups excluding tert-OH is 1. The number of amides is 2. The first kappa shape index (κ1) is 15.8. The molecule has 1 fully saturated rings. The molecular formula is C13H24N2O4. The summed E-state index contributed by atoms with van der Waals surface area (Å²) in [5, 5.41) is 12.7. The molecular weight excluding hydrogens is 248 g/mol. The molecule has 3 unspecified atom stereocenters. The average Bonchev–Trinajstić information content (AvgIpc) is 2.37. The Morgan fingerprint density at radius 3 is 2.63 bits per heavy atom. The second-order valence-electron chi connectivity index (χ2n) is 4.96. The Morgan fingerprint density at radius 1 is 1.42 bits per heavy atom. The third-order valence-corrected chi connectivity index (χ3v) is 3.49. The largest absolute Gasteiger partial charge is 0.450 e. The van der Waals surface area contributed by atoms with Crippen molar-refractivity contribution in [3.63, 3.8) is 0 Å². The molecule has 3 atom stereocenters. The molecule has 6 heteroatoms. The van der Waals surface area contributed by atoms with Gasteiger partial charge in [-0.1, -0.05) is 6.92 Å². The van der Waals surface area contributed by atoms with E-state index >= 15 is 0 Å². The normalized spacial score (nSPS) is 24.7. The van der Waals surface area contributed by atoms with E-state index in [9.17, 15) is 14.7 Å². The summed E-state index contributed by atoms with van der Waals surface area (Å²) in [6.45, 7) is 6.49. The summed E-state index contributed by atoms with van der Waals surface area (Å²) < 4.78 is 4.85. The number of nitrogens with zero attached hydrogens (tertiary/aromatic N) is 1. The first-order valence-electron chi connectivity index (χ1n) is 6.84. The Morgan fingerprint density at radius 2 is 2.11 bits per heavy atom. The third kappa shape index (κ3) is 4.70. The van der Waals surface area contributed by atoms with Crippen molar-refractivity contribution in [1.29, 1.82) is 0 Å². The highest BCUT2D eigenvalue weighted by molar-refractivity contribution is 5.73. The summed E-state index contributed by atoms with van der Waals surface area (Å²) in [5.74, 6) is -0.0433. The number of carbonyl (C=O) groups excluding carboxylic acids is 2. The number of aliphatic hydroxyl groups is 1. The van der Waals surface area contributed by atoms with Gasteiger partial charge in [-0.25, -0.2) is 4.79 Å². The van der Waals surface area contributed by atoms with E-state index < -0.39 is 12.2 Å². The first-order valence-corrected chi connectivity index (χ1v) is 6.84. The molecule has 2 N–H and O–H groups in total. The molecule has 19 heavy (non-hydrogen) atoms. The van der Waals surface area contributed by atoms with Crippen molar-refractivity contribution in [2.24, 2.45) is 5.92 Å². The van der Waals surface area contributed by atoms with Crippen LogP contribution in [-0.2, 0) is 9.53 Å². The highest BCUT2D eigenvalue weighted by atomic mass is 16.5. The molecule has 1 rings (SSSR count). The van der Waals surface area contributed by atoms with Crippen molar-refractivity contribution < 1.29 is 19.4 Å². The molecule has 1 saturated heterocycles. The van der Waals surface area contributed by atoms with Gasteiger partial charge < -0.3 is 20.1 Å². The summed E-state index contributed by atoms with van der Waals surface area (Å²) in [5.41, 5.74) is 0. The lowest BCUT2D eigenvalue weighted by atomic mass is 9.88. The molecule has 0 aromatic rings. The van der Waals surface area contributed by atoms with Crippen LogP contribution in [0.1, 0.15) is 33.6 Å². The van der Waals surface area contributed by atoms with E-state index in [0.29, 0.717) is 32.5 Å². The van der Waals surface area contributed by atoms with Crippen LogP contribution in [-0.4, -0.2) is 53.8 Å². The smallest absolute Gasteiger partial charge is 0.407 e. The van der Waals surface area contributed by atoms with Crippen LogP contribution in [0.4, 0.5) is 4.79 Å². The van der Waals surface area contributed by atoms with Gasteiger partial charge in [0.25, 0.3) is 0 Å². The van der Waals surface area contributed by atoms with E-state index in [0.717, 1.165) is 0 Å². The van der Waals surface area contributed by atoms with Gasteiger partial charge in [0.1, 0.15) is 0 Å². The van der Waals surface area contributed by atoms with Crippen LogP contribution in [0.2, 0.25) is 0 Å². The maximum absolute atomic E-state index is 11.5. The summed E-state index contributed by atoms with van der Waals surface area (Å²) in [7, 11) is 0. The molecule has 0 aliphatic carbocycles. The Labute approximate surface area is 114 Å². The maximum Gasteiger partial charge on any atom is 0.407 e. The molecule has 0 spiro atoms. The SMILES string of the molecule is CCOC(=O)NC1CC(C(O)CC)CN(C(C)=O)C1. The average molecular weight is 272 g/mol. The quantitative estimate of drug-likeness (QED) is 0.791. The van der Waals surface area contributed by atoms with Crippen molar-refractivity contribution in [2.75, 3.05) is 19.7 Å². The number of rotatable bonds is 4. The number of alkyl carbamates (subject to hydrolysis) is 1. The zero-order chi connectivity index (χ0) is 14.4. The van der Waals surface area contributed by atoms with Crippen molar-refractivity contribution in [3.05, 3.63) is 0 Å². The maximum atomic E-state index is 11.5. The minimum atomic E-state index is -0.470. The Kier molecular flexibility index (Phi) is 6.08. The van der Waals surface area contributed by atoms with Crippen molar-refractivity contribution in [3.8, 4) is 0 Å². The van der Waals surface area contributed by atoms with Gasteiger partial charge in [-0.05, 0) is 19.8 Å². The van der Waals surface area contributed by atoms with Crippen molar-refractivity contribution in [2.45, 2.75) is 45.8 Å². The molecule has 0 radical (unpaired) electrons. The molecule has 1 heterocycles. The number of hydrogen-bond donors (Lipinski definition) is 2. The number of likely N-dealkylation sites (tertiary alicyclic amines) is 1. The van der Waals surface area contributed by atoms with E-state index in [1.54, 1.807) is 11.8 Å². The third-order valence-electron chi connectivity index (χ3n) is 3.49. The second kappa shape index (κ2) is 7.33. The number of hydrogen-bond acceptors (Lipinski definition) is 4. The standard InChI is InChI=1S/C13H24N2O4/c1-4-12(17)10-6-11(14-13(18)19-5-2)8-15(7-10)9(3)16/h10-12,17H,4-8H2,1-3H3,(H,14,18). The Bertz CT molecular complexity index is 322. The predicted molar refractivity (Wildman–Crippen MR) is 70.6 cm³/mol. The van der Waals surface area contributed by atoms with E-state index in [1.165, 1.54) is 6.92 Å². The van der Waals surface area contributed by atoms with Crippen LogP contribution in [0.25, 0.3) is 0 Å². The monoisotopic (exact) mass is 272 g/mol. The lowest BCUT2D eigenvalue weighted by Crippen LogP contribution is -2.54. The number of ether oxygens (including phenoxy) is 1. The van der Waals surface area contributed by atoms with E-state index in [4.69, 9.17) is 4.74 Å². The lowest BCUT2D eigenvalue weighted by Gasteiger charge is -2.39. The van der Waals surface area contributed by atoms with Gasteiger partial charge in [0.2, 0.25) is 5.91 Å². The molecule has 2 amide bonds. The van der Waals surface area contributed by atoms with Gasteiger partial charge in [0, 0.05) is 25.9 Å². The van der Waals surface area contributed by atoms with Crippen LogP contribution in [0, 0.1) is 5.92 Å². The topological polar surface area (TPSA) is 78.9 Å². The second-order valence-corrected chi connectivity index (χ2v) is 4.96. The summed E-state index contributed by atoms with van der Waals surface area (Å²) >= 11 is 0. The van der Waals surface area contributed by atoms with E-state index in [1.807, 2.05) is 6.92 Å². The van der Waals surface area contributed by atoms with Gasteiger partial charge >= 0.3 is 6.09 Å². The van der Waals surface area contributed by atoms with Gasteiger partial charge in [-0.2, -0.15) is 0 Å². The highest BCUT2D eigenvalue weighted by Crippen LogP contribution is 2.22. The fourth-order valence-corrected chi connectivity index (χ4v) is 2.45. The van der Waals surface area contributed by atoms with E-state index in [2.05, 4.69) is 5.32 Å². The molecule has 0 bridgehead atoms. The molecule has 0 aromatic heterocycles. The highest BCUT2D eigenvalue weighted by Gasteiger charge is 2.32. The number of piperidine rings is 1. The Balaban J connectivity index is 2.64. The first-order chi connectivity index (χ1) is 8.97. The van der Waals surface area contributed by atoms with Gasteiger partial charge in [-0.3, -0.25) is 4.79 Å². The molecule has 6 nitrogen and oxygen atoms in total. The van der Waals surface area contributed by atoms with Crippen molar-refractivity contribution in [1.82, 2.24) is 10.2 Å². The van der Waals surface area contributed by atoms with Crippen LogP contribution in [0.3, 0.4) is 0 Å². The zero-order valence-corrected chi connectivity index (χ0v) is 11.9. The summed E-state index contributed by atoms with van der Waals surface area (Å²) in [6.07, 6.45) is 0.386. The van der Waals surface area contributed by atoms with Crippen LogP contribution in [0.15, 0.2) is 0 Å². The fraction of sp³-hybridized carbons (Fsp3) is 0.846. The Hall–Kier alpha value is -1.30. The van der Waals surface area contributed by atoms with Crippen LogP contribution >= 0.6 is 0 Å². The van der Waals surface area contributed by atoms with Gasteiger partial charge in [-0.15, -0.1) is 0 Å². The van der Waals surface area contributed by atoms with E-state index in [-0.39, 0.29) is 17.9 Å². The zero-order valence-electron chi connectivity index (χ0n) is 11.9. The summed E-state index contributed by atoms with van der Waals surface area (Å²) in [6, 6.07) is -0.164. The predicted octanol–water partition coefficient (Wildman–Crippen LogP) is 0.740. The minimum Gasteiger partial charge on any atom is -0.450 e. The lowest BCUT2D eigenvalue weighted by molar-refractivity contribution is -0.132. The molecule has 0 aromatic carbocycles. The molecule has 0 saturated carbocycles. The number of carbonyl (C=O) groups is 2. The molecule has 110 valence electrons. The molecule has 1 aliphatic heterocycles. The molecule has 1 aliphatic rings. The number of nitrogens with one attached hydrogen (secondary N) is 1. The van der Waals surface area contributed by atoms with Gasteiger partial charge in [0.05, 0.1) is 18.8 Å². The van der Waals surface area contributed by atoms with Crippen LogP contribution in [0.5, 0.6) is 0 Å². The summed E-state index contributed by atoms with van der Waals surface area (Å²) in [4.78, 5) is 24.6. The van der Waals surface area contributed by atoms with Crippen molar-refractivity contribution >= 4 is 12.0 Å². The van der Waals surface area contributed by atoms with Crippen LogP contribution < -0.4 is 5.32 Å². The van der Waals surface area contributed by atoms with Gasteiger partial charge in [0.15, 0.2) is 0 Å².